The van der Waals surface area contributed by atoms with Crippen molar-refractivity contribution >= 4 is 0 Å². The highest BCUT2D eigenvalue weighted by Gasteiger charge is 2.29. The second-order valence-electron chi connectivity index (χ2n) is 4.76. The Kier molecular flexibility index (Phi) is 3.42. The molecular formula is C11H22N2O. The van der Waals surface area contributed by atoms with Crippen molar-refractivity contribution in [3.8, 4) is 0 Å². The second kappa shape index (κ2) is 4.60. The number of likely N-dealkylation sites (N-methyl/N-ethyl adjacent to an activating group) is 1. The number of nitrogens with zero attached hydrogens (tertiary/aromatic N) is 2. The molecule has 0 bridgehead atoms. The molecule has 0 aromatic carbocycles. The molecule has 2 aliphatic rings. The highest BCUT2D eigenvalue weighted by molar-refractivity contribution is 4.85. The lowest BCUT2D eigenvalue weighted by molar-refractivity contribution is 0.000159. The summed E-state index contributed by atoms with van der Waals surface area (Å²) < 4.78 is 0. The third-order valence-corrected chi connectivity index (χ3v) is 3.70. The number of aliphatic hydroxyl groups excluding tert-OH is 1. The fourth-order valence-corrected chi connectivity index (χ4v) is 2.67. The zero-order valence-corrected chi connectivity index (χ0v) is 9.15. The third-order valence-electron chi connectivity index (χ3n) is 3.70. The predicted molar refractivity (Wildman–Crippen MR) is 57.3 cm³/mol. The highest BCUT2D eigenvalue weighted by atomic mass is 16.3. The Bertz CT molecular complexity index is 178. The molecule has 0 amide bonds. The summed E-state index contributed by atoms with van der Waals surface area (Å²) in [5.41, 5.74) is 0. The van der Waals surface area contributed by atoms with Gasteiger partial charge in [-0.1, -0.05) is 12.8 Å². The summed E-state index contributed by atoms with van der Waals surface area (Å²) in [7, 11) is 2.18. The minimum atomic E-state index is -0.0628. The molecule has 2 atom stereocenters. The van der Waals surface area contributed by atoms with Gasteiger partial charge in [0.05, 0.1) is 6.10 Å². The van der Waals surface area contributed by atoms with Crippen LogP contribution in [0.25, 0.3) is 0 Å². The summed E-state index contributed by atoms with van der Waals surface area (Å²) >= 11 is 0. The predicted octanol–water partition coefficient (Wildman–Crippen LogP) is 0.537. The lowest BCUT2D eigenvalue weighted by atomic mass is 9.91. The van der Waals surface area contributed by atoms with Crippen molar-refractivity contribution in [3.63, 3.8) is 0 Å². The number of aliphatic hydroxyl groups is 1. The van der Waals surface area contributed by atoms with Crippen molar-refractivity contribution in [2.75, 3.05) is 33.2 Å². The van der Waals surface area contributed by atoms with Gasteiger partial charge >= 0.3 is 0 Å². The van der Waals surface area contributed by atoms with Crippen LogP contribution in [0.3, 0.4) is 0 Å². The summed E-state index contributed by atoms with van der Waals surface area (Å²) in [6.07, 6.45) is 4.66. The van der Waals surface area contributed by atoms with E-state index in [1.54, 1.807) is 0 Å². The first-order valence-electron chi connectivity index (χ1n) is 5.88. The van der Waals surface area contributed by atoms with E-state index in [1.807, 2.05) is 0 Å². The summed E-state index contributed by atoms with van der Waals surface area (Å²) in [5, 5.41) is 9.93. The van der Waals surface area contributed by atoms with Crippen LogP contribution in [0.4, 0.5) is 0 Å². The molecule has 1 saturated carbocycles. The van der Waals surface area contributed by atoms with E-state index in [9.17, 15) is 5.11 Å². The molecule has 2 fully saturated rings. The van der Waals surface area contributed by atoms with Gasteiger partial charge in [-0.15, -0.1) is 0 Å². The molecule has 82 valence electrons. The first kappa shape index (κ1) is 10.4. The van der Waals surface area contributed by atoms with Crippen LogP contribution in [-0.2, 0) is 0 Å². The van der Waals surface area contributed by atoms with Crippen LogP contribution in [0.15, 0.2) is 0 Å². The smallest absolute Gasteiger partial charge is 0.0695 e. The maximum Gasteiger partial charge on any atom is 0.0695 e. The summed E-state index contributed by atoms with van der Waals surface area (Å²) in [6, 6.07) is 0.456. The molecule has 0 radical (unpaired) electrons. The fourth-order valence-electron chi connectivity index (χ4n) is 2.67. The standard InChI is InChI=1S/C11H22N2O/c1-12-6-8-13(9-7-12)10-4-2-3-5-11(10)14/h10-11,14H,2-9H2,1H3/t10-,11-/m0/s1. The van der Waals surface area contributed by atoms with Gasteiger partial charge in [0.1, 0.15) is 0 Å². The first-order valence-corrected chi connectivity index (χ1v) is 5.88. The molecule has 0 aromatic rings. The van der Waals surface area contributed by atoms with Crippen molar-refractivity contribution in [2.24, 2.45) is 0 Å². The van der Waals surface area contributed by atoms with E-state index in [1.165, 1.54) is 19.3 Å². The number of piperazine rings is 1. The van der Waals surface area contributed by atoms with Crippen LogP contribution in [0, 0.1) is 0 Å². The Morgan fingerprint density at radius 2 is 1.64 bits per heavy atom. The van der Waals surface area contributed by atoms with E-state index < -0.39 is 0 Å². The average molecular weight is 198 g/mol. The van der Waals surface area contributed by atoms with E-state index >= 15 is 0 Å². The van der Waals surface area contributed by atoms with E-state index in [0.717, 1.165) is 32.6 Å². The van der Waals surface area contributed by atoms with Gasteiger partial charge in [0.2, 0.25) is 0 Å². The zero-order valence-electron chi connectivity index (χ0n) is 9.15. The molecule has 0 aromatic heterocycles. The van der Waals surface area contributed by atoms with Gasteiger partial charge in [-0.2, -0.15) is 0 Å². The fraction of sp³-hybridized carbons (Fsp3) is 1.00. The van der Waals surface area contributed by atoms with Gasteiger partial charge in [-0.3, -0.25) is 4.90 Å². The van der Waals surface area contributed by atoms with E-state index in [0.29, 0.717) is 6.04 Å². The molecule has 1 aliphatic heterocycles. The molecule has 0 unspecified atom stereocenters. The number of rotatable bonds is 1. The number of hydrogen-bond donors (Lipinski definition) is 1. The van der Waals surface area contributed by atoms with E-state index in [-0.39, 0.29) is 6.10 Å². The molecule has 3 heteroatoms. The van der Waals surface area contributed by atoms with Crippen LogP contribution in [-0.4, -0.2) is 60.3 Å². The van der Waals surface area contributed by atoms with Gasteiger partial charge in [0.25, 0.3) is 0 Å². The largest absolute Gasteiger partial charge is 0.391 e. The van der Waals surface area contributed by atoms with Crippen molar-refractivity contribution in [1.29, 1.82) is 0 Å². The quantitative estimate of drug-likeness (QED) is 0.666. The minimum absolute atomic E-state index is 0.0628. The van der Waals surface area contributed by atoms with Crippen molar-refractivity contribution in [1.82, 2.24) is 9.80 Å². The summed E-state index contributed by atoms with van der Waals surface area (Å²) in [5.74, 6) is 0. The van der Waals surface area contributed by atoms with Gasteiger partial charge in [0, 0.05) is 32.2 Å². The molecule has 0 spiro atoms. The molecular weight excluding hydrogens is 176 g/mol. The summed E-state index contributed by atoms with van der Waals surface area (Å²) in [6.45, 7) is 4.59. The molecule has 14 heavy (non-hydrogen) atoms. The van der Waals surface area contributed by atoms with Crippen molar-refractivity contribution < 1.29 is 5.11 Å². The van der Waals surface area contributed by atoms with Gasteiger partial charge < -0.3 is 10.0 Å². The van der Waals surface area contributed by atoms with E-state index in [4.69, 9.17) is 0 Å². The molecule has 3 nitrogen and oxygen atoms in total. The monoisotopic (exact) mass is 198 g/mol. The third kappa shape index (κ3) is 2.27. The van der Waals surface area contributed by atoms with Crippen molar-refractivity contribution in [2.45, 2.75) is 37.8 Å². The highest BCUT2D eigenvalue weighted by Crippen LogP contribution is 2.23. The maximum atomic E-state index is 9.93. The maximum absolute atomic E-state index is 9.93. The molecule has 2 rings (SSSR count). The topological polar surface area (TPSA) is 26.7 Å². The Morgan fingerprint density at radius 1 is 1.00 bits per heavy atom. The zero-order chi connectivity index (χ0) is 9.97. The van der Waals surface area contributed by atoms with Crippen LogP contribution >= 0.6 is 0 Å². The average Bonchev–Trinajstić information content (AvgIpc) is 2.20. The minimum Gasteiger partial charge on any atom is -0.391 e. The van der Waals surface area contributed by atoms with Gasteiger partial charge in [-0.05, 0) is 19.9 Å². The van der Waals surface area contributed by atoms with Crippen LogP contribution in [0.2, 0.25) is 0 Å². The lowest BCUT2D eigenvalue weighted by Gasteiger charge is -2.41. The Balaban J connectivity index is 1.87. The van der Waals surface area contributed by atoms with Crippen molar-refractivity contribution in [3.05, 3.63) is 0 Å². The number of hydrogen-bond acceptors (Lipinski definition) is 3. The molecule has 1 heterocycles. The van der Waals surface area contributed by atoms with Crippen LogP contribution < -0.4 is 0 Å². The SMILES string of the molecule is CN1CCN([C@H]2CCCC[C@@H]2O)CC1. The van der Waals surface area contributed by atoms with Gasteiger partial charge in [-0.25, -0.2) is 0 Å². The first-order chi connectivity index (χ1) is 6.77. The van der Waals surface area contributed by atoms with Gasteiger partial charge in [0.15, 0.2) is 0 Å². The van der Waals surface area contributed by atoms with Crippen LogP contribution in [0.5, 0.6) is 0 Å². The molecule has 1 aliphatic carbocycles. The Morgan fingerprint density at radius 3 is 2.29 bits per heavy atom. The molecule has 1 saturated heterocycles. The van der Waals surface area contributed by atoms with E-state index in [2.05, 4.69) is 16.8 Å². The Labute approximate surface area is 86.7 Å². The Hall–Kier alpha value is -0.120. The summed E-state index contributed by atoms with van der Waals surface area (Å²) in [4.78, 5) is 4.86. The second-order valence-corrected chi connectivity index (χ2v) is 4.76. The normalized spacial score (nSPS) is 37.3. The van der Waals surface area contributed by atoms with Crippen LogP contribution in [0.1, 0.15) is 25.7 Å². The lowest BCUT2D eigenvalue weighted by Crippen LogP contribution is -2.53. The molecule has 1 N–H and O–H groups in total.